The minimum atomic E-state index is -1.13. The summed E-state index contributed by atoms with van der Waals surface area (Å²) in [6, 6.07) is -0.639. The summed E-state index contributed by atoms with van der Waals surface area (Å²) in [7, 11) is 0. The van der Waals surface area contributed by atoms with Gasteiger partial charge in [0.1, 0.15) is 5.70 Å². The Balaban J connectivity index is 1.39. The van der Waals surface area contributed by atoms with Crippen molar-refractivity contribution in [3.63, 3.8) is 0 Å². The van der Waals surface area contributed by atoms with Crippen molar-refractivity contribution in [1.82, 2.24) is 20.4 Å². The average molecular weight is 452 g/mol. The molecule has 3 saturated heterocycles. The molecule has 0 aromatic rings. The molecule has 0 aliphatic carbocycles. The molecular weight excluding hydrogens is 422 g/mol. The Hall–Kier alpha value is -2.11. The third kappa shape index (κ3) is 3.83. The van der Waals surface area contributed by atoms with E-state index in [0.29, 0.717) is 24.4 Å². The fraction of sp³-hybridized carbons (Fsp3) is 0.700. The SMILES string of the molecule is CC(O)C1C(=O)N2C(C(=O)O)=C(SC3CNC(C(=O)NC4CCN(C=N)C4)C3)C(C)[C@H]12. The molecule has 5 N–H and O–H groups in total. The van der Waals surface area contributed by atoms with Gasteiger partial charge in [-0.2, -0.15) is 0 Å². The van der Waals surface area contributed by atoms with Crippen LogP contribution >= 0.6 is 11.8 Å². The summed E-state index contributed by atoms with van der Waals surface area (Å²) < 4.78 is 0. The van der Waals surface area contributed by atoms with Gasteiger partial charge < -0.3 is 30.6 Å². The maximum atomic E-state index is 12.6. The smallest absolute Gasteiger partial charge is 0.353 e. The summed E-state index contributed by atoms with van der Waals surface area (Å²) >= 11 is 1.43. The molecule has 170 valence electrons. The molecule has 10 nitrogen and oxygen atoms in total. The number of aliphatic carboxylic acids is 1. The molecule has 0 saturated carbocycles. The molecule has 11 heteroatoms. The quantitative estimate of drug-likeness (QED) is 0.196. The van der Waals surface area contributed by atoms with Crippen LogP contribution in [0.25, 0.3) is 0 Å². The lowest BCUT2D eigenvalue weighted by atomic mass is 9.79. The van der Waals surface area contributed by atoms with Gasteiger partial charge in [-0.1, -0.05) is 6.92 Å². The van der Waals surface area contributed by atoms with Gasteiger partial charge >= 0.3 is 5.97 Å². The first-order chi connectivity index (χ1) is 14.7. The highest BCUT2D eigenvalue weighted by atomic mass is 32.2. The summed E-state index contributed by atoms with van der Waals surface area (Å²) in [5.41, 5.74) is 0.0231. The Bertz CT molecular complexity index is 833. The second kappa shape index (κ2) is 8.44. The summed E-state index contributed by atoms with van der Waals surface area (Å²) in [6.45, 7) is 5.44. The van der Waals surface area contributed by atoms with E-state index >= 15 is 0 Å². The van der Waals surface area contributed by atoms with Gasteiger partial charge in [0.25, 0.3) is 0 Å². The zero-order valence-electron chi connectivity index (χ0n) is 17.6. The Labute approximate surface area is 184 Å². The zero-order chi connectivity index (χ0) is 22.4. The molecule has 31 heavy (non-hydrogen) atoms. The number of fused-ring (bicyclic) bond motifs is 1. The highest BCUT2D eigenvalue weighted by Gasteiger charge is 2.60. The van der Waals surface area contributed by atoms with Crippen LogP contribution in [0.3, 0.4) is 0 Å². The van der Waals surface area contributed by atoms with Crippen LogP contribution in [0.4, 0.5) is 0 Å². The highest BCUT2D eigenvalue weighted by molar-refractivity contribution is 8.03. The summed E-state index contributed by atoms with van der Waals surface area (Å²) in [4.78, 5) is 40.9. The van der Waals surface area contributed by atoms with E-state index in [9.17, 15) is 24.6 Å². The molecule has 4 aliphatic heterocycles. The number of aliphatic hydroxyl groups excluding tert-OH is 1. The molecule has 6 unspecified atom stereocenters. The van der Waals surface area contributed by atoms with E-state index in [1.165, 1.54) is 23.0 Å². The van der Waals surface area contributed by atoms with Crippen LogP contribution in [-0.2, 0) is 14.4 Å². The molecule has 2 amide bonds. The lowest BCUT2D eigenvalue weighted by Gasteiger charge is -2.46. The highest BCUT2D eigenvalue weighted by Crippen LogP contribution is 2.51. The number of hydrogen-bond acceptors (Lipinski definition) is 7. The van der Waals surface area contributed by atoms with E-state index in [0.717, 1.165) is 13.0 Å². The lowest BCUT2D eigenvalue weighted by molar-refractivity contribution is -0.163. The van der Waals surface area contributed by atoms with Gasteiger partial charge in [0, 0.05) is 41.7 Å². The largest absolute Gasteiger partial charge is 0.477 e. The predicted octanol–water partition coefficient (Wildman–Crippen LogP) is -0.599. The third-order valence-electron chi connectivity index (χ3n) is 6.76. The van der Waals surface area contributed by atoms with Gasteiger partial charge in [-0.15, -0.1) is 11.8 Å². The van der Waals surface area contributed by atoms with Gasteiger partial charge in [0.15, 0.2) is 0 Å². The van der Waals surface area contributed by atoms with Crippen molar-refractivity contribution < 1.29 is 24.6 Å². The van der Waals surface area contributed by atoms with E-state index < -0.39 is 18.0 Å². The van der Waals surface area contributed by atoms with Crippen LogP contribution in [0.15, 0.2) is 10.6 Å². The number of nitrogens with zero attached hydrogens (tertiary/aromatic N) is 2. The van der Waals surface area contributed by atoms with Crippen molar-refractivity contribution in [2.24, 2.45) is 11.8 Å². The number of likely N-dealkylation sites (tertiary alicyclic amines) is 1. The number of aliphatic hydroxyl groups is 1. The fourth-order valence-corrected chi connectivity index (χ4v) is 6.65. The van der Waals surface area contributed by atoms with Crippen molar-refractivity contribution in [2.45, 2.75) is 56.2 Å². The van der Waals surface area contributed by atoms with Crippen LogP contribution in [0.5, 0.6) is 0 Å². The second-order valence-electron chi connectivity index (χ2n) is 8.83. The fourth-order valence-electron chi connectivity index (χ4n) is 5.18. The van der Waals surface area contributed by atoms with Gasteiger partial charge in [-0.05, 0) is 19.8 Å². The molecule has 4 heterocycles. The maximum Gasteiger partial charge on any atom is 0.353 e. The zero-order valence-corrected chi connectivity index (χ0v) is 18.4. The number of carbonyl (C=O) groups excluding carboxylic acids is 2. The molecule has 0 bridgehead atoms. The normalized spacial score (nSPS) is 35.8. The number of hydrogen-bond donors (Lipinski definition) is 5. The number of β-lactam (4-membered cyclic amide) rings is 1. The van der Waals surface area contributed by atoms with E-state index in [1.807, 2.05) is 11.8 Å². The van der Waals surface area contributed by atoms with E-state index in [1.54, 1.807) is 6.92 Å². The topological polar surface area (TPSA) is 146 Å². The van der Waals surface area contributed by atoms with Crippen LogP contribution < -0.4 is 10.6 Å². The molecule has 0 aromatic heterocycles. The Morgan fingerprint density at radius 2 is 2.16 bits per heavy atom. The standard InChI is InChI=1S/C20H29N5O5S/c1-9-15-14(10(2)26)19(28)25(15)16(20(29)30)17(9)31-12-5-13(22-6-12)18(27)23-11-3-4-24(7-11)8-21/h8-15,21-22,26H,3-7H2,1-2H3,(H,23,27)(H,29,30)/t9?,10?,11?,12?,13?,14?,15-/m1/s1. The molecular formula is C20H29N5O5S. The first-order valence-corrected chi connectivity index (χ1v) is 11.5. The molecule has 7 atom stereocenters. The molecule has 4 rings (SSSR count). The Kier molecular flexibility index (Phi) is 6.01. The van der Waals surface area contributed by atoms with Gasteiger partial charge in [0.05, 0.1) is 30.4 Å². The summed E-state index contributed by atoms with van der Waals surface area (Å²) in [5, 5.41) is 33.3. The van der Waals surface area contributed by atoms with Gasteiger partial charge in [0.2, 0.25) is 11.8 Å². The van der Waals surface area contributed by atoms with Crippen LogP contribution in [0.1, 0.15) is 26.7 Å². The average Bonchev–Trinajstić information content (AvgIpc) is 3.40. The van der Waals surface area contributed by atoms with Crippen molar-refractivity contribution in [2.75, 3.05) is 19.6 Å². The minimum absolute atomic E-state index is 0.0167. The van der Waals surface area contributed by atoms with Crippen LogP contribution in [-0.4, -0.2) is 93.2 Å². The Morgan fingerprint density at radius 1 is 1.42 bits per heavy atom. The van der Waals surface area contributed by atoms with Crippen LogP contribution in [0.2, 0.25) is 0 Å². The van der Waals surface area contributed by atoms with E-state index in [4.69, 9.17) is 5.41 Å². The lowest BCUT2D eigenvalue weighted by Crippen LogP contribution is -2.63. The first-order valence-electron chi connectivity index (χ1n) is 10.7. The Morgan fingerprint density at radius 3 is 2.77 bits per heavy atom. The van der Waals surface area contributed by atoms with E-state index in [2.05, 4.69) is 10.6 Å². The number of carboxylic acid groups (broad SMARTS) is 1. The van der Waals surface area contributed by atoms with Crippen LogP contribution in [0, 0.1) is 17.2 Å². The maximum absolute atomic E-state index is 12.6. The second-order valence-corrected chi connectivity index (χ2v) is 10.2. The molecule has 0 spiro atoms. The van der Waals surface area contributed by atoms with E-state index in [-0.39, 0.29) is 46.8 Å². The predicted molar refractivity (Wildman–Crippen MR) is 114 cm³/mol. The third-order valence-corrected chi connectivity index (χ3v) is 8.27. The summed E-state index contributed by atoms with van der Waals surface area (Å²) in [6.07, 6.45) is 1.85. The van der Waals surface area contributed by atoms with Crippen molar-refractivity contribution in [3.8, 4) is 0 Å². The number of amides is 2. The summed E-state index contributed by atoms with van der Waals surface area (Å²) in [5.74, 6) is -2.29. The van der Waals surface area contributed by atoms with Crippen molar-refractivity contribution >= 4 is 35.9 Å². The minimum Gasteiger partial charge on any atom is -0.477 e. The van der Waals surface area contributed by atoms with Gasteiger partial charge in [-0.25, -0.2) is 4.79 Å². The van der Waals surface area contributed by atoms with Crippen molar-refractivity contribution in [1.29, 1.82) is 5.41 Å². The molecule has 3 fully saturated rings. The number of carbonyl (C=O) groups is 3. The molecule has 4 aliphatic rings. The number of nitrogens with one attached hydrogen (secondary N) is 3. The molecule has 0 radical (unpaired) electrons. The number of rotatable bonds is 7. The van der Waals surface area contributed by atoms with Crippen molar-refractivity contribution in [3.05, 3.63) is 10.6 Å². The first kappa shape index (κ1) is 22.1. The number of carboxylic acids is 1. The monoisotopic (exact) mass is 451 g/mol. The number of thioether (sulfide) groups is 1. The van der Waals surface area contributed by atoms with Gasteiger partial charge in [-0.3, -0.25) is 15.0 Å². The molecule has 0 aromatic carbocycles.